The van der Waals surface area contributed by atoms with Gasteiger partial charge in [-0.25, -0.2) is 4.98 Å². The highest BCUT2D eigenvalue weighted by Gasteiger charge is 2.09. The van der Waals surface area contributed by atoms with Gasteiger partial charge in [-0.15, -0.1) is 0 Å². The maximum atomic E-state index is 9.19. The van der Waals surface area contributed by atoms with Crippen molar-refractivity contribution in [2.24, 2.45) is 0 Å². The lowest BCUT2D eigenvalue weighted by atomic mass is 10.2. The first-order valence-corrected chi connectivity index (χ1v) is 8.15. The lowest BCUT2D eigenvalue weighted by Gasteiger charge is -2.12. The van der Waals surface area contributed by atoms with Crippen molar-refractivity contribution in [2.45, 2.75) is 6.92 Å². The molecule has 0 spiro atoms. The number of rotatable bonds is 4. The molecule has 25 heavy (non-hydrogen) atoms. The Morgan fingerprint density at radius 1 is 0.960 bits per heavy atom. The Kier molecular flexibility index (Phi) is 5.03. The minimum Gasteiger partial charge on any atom is -0.339 e. The molecule has 0 aliphatic carbocycles. The molecule has 5 nitrogen and oxygen atoms in total. The van der Waals surface area contributed by atoms with Crippen molar-refractivity contribution in [3.05, 3.63) is 69.8 Å². The van der Waals surface area contributed by atoms with E-state index in [0.29, 0.717) is 38.7 Å². The van der Waals surface area contributed by atoms with Crippen molar-refractivity contribution < 1.29 is 0 Å². The van der Waals surface area contributed by atoms with Gasteiger partial charge in [0.15, 0.2) is 0 Å². The van der Waals surface area contributed by atoms with Gasteiger partial charge >= 0.3 is 0 Å². The van der Waals surface area contributed by atoms with Crippen LogP contribution in [0.25, 0.3) is 0 Å². The molecular formula is C18H13Cl2N5. The van der Waals surface area contributed by atoms with E-state index in [0.717, 1.165) is 5.69 Å². The summed E-state index contributed by atoms with van der Waals surface area (Å²) in [5, 5.41) is 16.3. The number of nitriles is 1. The van der Waals surface area contributed by atoms with Crippen LogP contribution in [-0.2, 0) is 0 Å². The van der Waals surface area contributed by atoms with E-state index in [1.165, 1.54) is 0 Å². The van der Waals surface area contributed by atoms with Crippen LogP contribution in [0.15, 0.2) is 48.5 Å². The summed E-state index contributed by atoms with van der Waals surface area (Å²) >= 11 is 12.2. The van der Waals surface area contributed by atoms with Gasteiger partial charge in [-0.3, -0.25) is 0 Å². The summed E-state index contributed by atoms with van der Waals surface area (Å²) < 4.78 is 0. The molecule has 3 rings (SSSR count). The number of nitrogens with one attached hydrogen (secondary N) is 2. The SMILES string of the molecule is Cc1cc(Nc2ccccc2C#N)nc(Nc2cccc(Cl)c2Cl)n1. The molecule has 0 aliphatic rings. The third-order valence-electron chi connectivity index (χ3n) is 3.36. The molecule has 1 aromatic heterocycles. The molecule has 1 heterocycles. The third kappa shape index (κ3) is 4.00. The monoisotopic (exact) mass is 369 g/mol. The average Bonchev–Trinajstić information content (AvgIpc) is 2.59. The smallest absolute Gasteiger partial charge is 0.229 e. The van der Waals surface area contributed by atoms with Crippen molar-refractivity contribution in [3.8, 4) is 6.07 Å². The van der Waals surface area contributed by atoms with E-state index in [4.69, 9.17) is 23.2 Å². The second-order valence-corrected chi connectivity index (χ2v) is 6.01. The third-order valence-corrected chi connectivity index (χ3v) is 4.18. The predicted octanol–water partition coefficient (Wildman–Crippen LogP) is 5.45. The summed E-state index contributed by atoms with van der Waals surface area (Å²) in [6.45, 7) is 1.85. The maximum Gasteiger partial charge on any atom is 0.229 e. The molecule has 0 aliphatic heterocycles. The van der Waals surface area contributed by atoms with Gasteiger partial charge in [0.25, 0.3) is 0 Å². The molecule has 0 fully saturated rings. The fourth-order valence-corrected chi connectivity index (χ4v) is 2.58. The number of nitrogens with zero attached hydrogens (tertiary/aromatic N) is 3. The number of para-hydroxylation sites is 1. The molecule has 2 N–H and O–H groups in total. The van der Waals surface area contributed by atoms with E-state index in [9.17, 15) is 5.26 Å². The number of aromatic nitrogens is 2. The van der Waals surface area contributed by atoms with Crippen LogP contribution >= 0.6 is 23.2 Å². The highest BCUT2D eigenvalue weighted by Crippen LogP contribution is 2.31. The van der Waals surface area contributed by atoms with Crippen LogP contribution < -0.4 is 10.6 Å². The summed E-state index contributed by atoms with van der Waals surface area (Å²) in [5.74, 6) is 0.942. The van der Waals surface area contributed by atoms with Crippen LogP contribution in [0.5, 0.6) is 0 Å². The van der Waals surface area contributed by atoms with Crippen LogP contribution in [0, 0.1) is 18.3 Å². The van der Waals surface area contributed by atoms with Crippen molar-refractivity contribution in [2.75, 3.05) is 10.6 Å². The second kappa shape index (κ2) is 7.39. The Hall–Kier alpha value is -2.81. The number of aryl methyl sites for hydroxylation is 1. The Labute approximate surface area is 155 Å². The average molecular weight is 370 g/mol. The zero-order valence-corrected chi connectivity index (χ0v) is 14.7. The lowest BCUT2D eigenvalue weighted by molar-refractivity contribution is 1.11. The summed E-state index contributed by atoms with van der Waals surface area (Å²) in [5.41, 5.74) is 2.58. The zero-order valence-electron chi connectivity index (χ0n) is 13.2. The summed E-state index contributed by atoms with van der Waals surface area (Å²) in [6, 6.07) is 16.4. The largest absolute Gasteiger partial charge is 0.339 e. The number of benzene rings is 2. The van der Waals surface area contributed by atoms with Crippen molar-refractivity contribution in [1.29, 1.82) is 5.26 Å². The number of anilines is 4. The Bertz CT molecular complexity index is 966. The molecule has 7 heteroatoms. The first-order valence-electron chi connectivity index (χ1n) is 7.39. The van der Waals surface area contributed by atoms with Gasteiger partial charge in [0.05, 0.1) is 27.0 Å². The molecule has 0 atom stereocenters. The first kappa shape index (κ1) is 17.0. The van der Waals surface area contributed by atoms with Crippen molar-refractivity contribution >= 4 is 46.3 Å². The maximum absolute atomic E-state index is 9.19. The molecule has 0 saturated carbocycles. The standard InChI is InChI=1S/C18H13Cl2N5/c1-11-9-16(23-14-7-3-2-5-12(14)10-21)25-18(22-11)24-15-8-4-6-13(19)17(15)20/h2-9H,1H3,(H2,22,23,24,25). The normalized spacial score (nSPS) is 10.2. The Morgan fingerprint density at radius 3 is 2.52 bits per heavy atom. The van der Waals surface area contributed by atoms with E-state index >= 15 is 0 Å². The molecule has 0 saturated heterocycles. The van der Waals surface area contributed by atoms with Gasteiger partial charge in [-0.1, -0.05) is 41.4 Å². The molecule has 0 unspecified atom stereocenters. The highest BCUT2D eigenvalue weighted by atomic mass is 35.5. The van der Waals surface area contributed by atoms with E-state index in [1.807, 2.05) is 25.1 Å². The number of hydrogen-bond donors (Lipinski definition) is 2. The summed E-state index contributed by atoms with van der Waals surface area (Å²) in [6.07, 6.45) is 0. The van der Waals surface area contributed by atoms with E-state index in [1.54, 1.807) is 30.3 Å². The molecule has 124 valence electrons. The number of hydrogen-bond acceptors (Lipinski definition) is 5. The van der Waals surface area contributed by atoms with E-state index in [-0.39, 0.29) is 0 Å². The van der Waals surface area contributed by atoms with Crippen LogP contribution in [0.1, 0.15) is 11.3 Å². The van der Waals surface area contributed by atoms with Gasteiger partial charge in [-0.05, 0) is 31.2 Å². The van der Waals surface area contributed by atoms with Crippen LogP contribution in [-0.4, -0.2) is 9.97 Å². The topological polar surface area (TPSA) is 73.6 Å². The van der Waals surface area contributed by atoms with Gasteiger partial charge in [0.1, 0.15) is 11.9 Å². The van der Waals surface area contributed by atoms with Crippen molar-refractivity contribution in [1.82, 2.24) is 9.97 Å². The molecule has 0 bridgehead atoms. The summed E-state index contributed by atoms with van der Waals surface area (Å²) in [7, 11) is 0. The second-order valence-electron chi connectivity index (χ2n) is 5.23. The highest BCUT2D eigenvalue weighted by molar-refractivity contribution is 6.43. The van der Waals surface area contributed by atoms with Gasteiger partial charge in [-0.2, -0.15) is 10.2 Å². The molecule has 0 amide bonds. The lowest BCUT2D eigenvalue weighted by Crippen LogP contribution is -2.03. The molecule has 3 aromatic rings. The minimum absolute atomic E-state index is 0.376. The van der Waals surface area contributed by atoms with Crippen LogP contribution in [0.4, 0.5) is 23.1 Å². The van der Waals surface area contributed by atoms with E-state index in [2.05, 4.69) is 26.7 Å². The van der Waals surface area contributed by atoms with Gasteiger partial charge in [0.2, 0.25) is 5.95 Å². The van der Waals surface area contributed by atoms with Crippen LogP contribution in [0.3, 0.4) is 0 Å². The predicted molar refractivity (Wildman–Crippen MR) is 101 cm³/mol. The van der Waals surface area contributed by atoms with Gasteiger partial charge < -0.3 is 10.6 Å². The summed E-state index contributed by atoms with van der Waals surface area (Å²) in [4.78, 5) is 8.78. The Balaban J connectivity index is 1.91. The molecule has 2 aromatic carbocycles. The fourth-order valence-electron chi connectivity index (χ4n) is 2.24. The molecular weight excluding hydrogens is 357 g/mol. The van der Waals surface area contributed by atoms with E-state index < -0.39 is 0 Å². The minimum atomic E-state index is 0.376. The van der Waals surface area contributed by atoms with Crippen molar-refractivity contribution in [3.63, 3.8) is 0 Å². The first-order chi connectivity index (χ1) is 12.1. The Morgan fingerprint density at radius 2 is 1.72 bits per heavy atom. The van der Waals surface area contributed by atoms with Crippen LogP contribution in [0.2, 0.25) is 10.0 Å². The number of halogens is 2. The fraction of sp³-hybridized carbons (Fsp3) is 0.0556. The zero-order chi connectivity index (χ0) is 17.8. The molecule has 0 radical (unpaired) electrons. The van der Waals surface area contributed by atoms with Gasteiger partial charge in [0, 0.05) is 11.8 Å². The quantitative estimate of drug-likeness (QED) is 0.639.